The predicted octanol–water partition coefficient (Wildman–Crippen LogP) is 2.97. The molecule has 1 heterocycles. The summed E-state index contributed by atoms with van der Waals surface area (Å²) < 4.78 is 1.15. The molecule has 1 aromatic rings. The first kappa shape index (κ1) is 13.1. The second kappa shape index (κ2) is 4.58. The first-order valence-electron chi connectivity index (χ1n) is 6.59. The van der Waals surface area contributed by atoms with E-state index in [2.05, 4.69) is 59.1 Å². The normalized spacial score (nSPS) is 28.6. The molecule has 1 saturated carbocycles. The Bertz CT molecular complexity index is 565. The van der Waals surface area contributed by atoms with Crippen molar-refractivity contribution in [3.8, 4) is 0 Å². The van der Waals surface area contributed by atoms with E-state index in [-0.39, 0.29) is 17.4 Å². The maximum atomic E-state index is 12.5. The zero-order valence-corrected chi connectivity index (χ0v) is 13.3. The Labute approximate surface area is 127 Å². The molecule has 1 aliphatic heterocycles. The fourth-order valence-electron chi connectivity index (χ4n) is 3.17. The van der Waals surface area contributed by atoms with Crippen molar-refractivity contribution in [3.63, 3.8) is 0 Å². The molecule has 1 aromatic carbocycles. The van der Waals surface area contributed by atoms with Gasteiger partial charge < -0.3 is 5.43 Å². The van der Waals surface area contributed by atoms with E-state index in [1.807, 2.05) is 12.1 Å². The number of nitrogens with zero attached hydrogens (tertiary/aromatic N) is 1. The van der Waals surface area contributed by atoms with Crippen LogP contribution in [0.15, 0.2) is 29.4 Å². The average Bonchev–Trinajstić information content (AvgIpc) is 2.71. The maximum absolute atomic E-state index is 12.5. The summed E-state index contributed by atoms with van der Waals surface area (Å²) in [5, 5.41) is 4.47. The van der Waals surface area contributed by atoms with Crippen LogP contribution < -0.4 is 5.43 Å². The molecule has 0 aromatic heterocycles. The highest BCUT2D eigenvalue weighted by molar-refractivity contribution is 14.1. The molecule has 1 fully saturated rings. The first-order valence-corrected chi connectivity index (χ1v) is 7.66. The van der Waals surface area contributed by atoms with Crippen molar-refractivity contribution < 1.29 is 4.79 Å². The molecule has 0 amide bonds. The van der Waals surface area contributed by atoms with E-state index in [9.17, 15) is 4.79 Å². The van der Waals surface area contributed by atoms with Crippen molar-refractivity contribution in [3.05, 3.63) is 33.4 Å². The minimum Gasteiger partial charge on any atom is -0.306 e. The van der Waals surface area contributed by atoms with Crippen molar-refractivity contribution in [2.24, 2.45) is 16.4 Å². The molecule has 0 radical (unpaired) electrons. The minimum absolute atomic E-state index is 0.0658. The fraction of sp³-hybridized carbons (Fsp3) is 0.467. The number of hydrogen-bond donors (Lipinski definition) is 1. The molecule has 3 nitrogen and oxygen atoms in total. The van der Waals surface area contributed by atoms with Gasteiger partial charge in [-0.1, -0.05) is 32.0 Å². The van der Waals surface area contributed by atoms with Gasteiger partial charge in [0.1, 0.15) is 5.78 Å². The number of hydrazone groups is 1. The van der Waals surface area contributed by atoms with Gasteiger partial charge >= 0.3 is 0 Å². The highest BCUT2D eigenvalue weighted by Crippen LogP contribution is 2.39. The van der Waals surface area contributed by atoms with Gasteiger partial charge in [0.05, 0.1) is 17.7 Å². The van der Waals surface area contributed by atoms with Crippen LogP contribution in [-0.4, -0.2) is 17.5 Å². The zero-order valence-electron chi connectivity index (χ0n) is 11.1. The molecule has 0 bridgehead atoms. The van der Waals surface area contributed by atoms with E-state index in [4.69, 9.17) is 0 Å². The lowest BCUT2D eigenvalue weighted by Crippen LogP contribution is -2.45. The van der Waals surface area contributed by atoms with Gasteiger partial charge in [0.2, 0.25) is 0 Å². The Morgan fingerprint density at radius 1 is 1.37 bits per heavy atom. The number of ketones is 1. The van der Waals surface area contributed by atoms with Crippen LogP contribution in [0.1, 0.15) is 32.3 Å². The number of hydrogen-bond acceptors (Lipinski definition) is 3. The third-order valence-electron chi connectivity index (χ3n) is 3.97. The van der Waals surface area contributed by atoms with Crippen LogP contribution in [0.2, 0.25) is 0 Å². The standard InChI is InChI=1S/C15H17IN2O/c1-15(2)7-11-13(12(19)8-15)14(18-17-11)9-5-3-4-6-10(9)16/h3-6,11,13,17H,7-8H2,1-2H3/t11-,13+/m1/s1. The van der Waals surface area contributed by atoms with Crippen molar-refractivity contribution in [2.75, 3.05) is 0 Å². The predicted molar refractivity (Wildman–Crippen MR) is 84.1 cm³/mol. The van der Waals surface area contributed by atoms with Crippen LogP contribution in [0.4, 0.5) is 0 Å². The number of Topliss-reactive ketones (excluding diaryl/α,β-unsaturated/α-hetero) is 1. The maximum Gasteiger partial charge on any atom is 0.144 e. The van der Waals surface area contributed by atoms with E-state index in [0.29, 0.717) is 12.2 Å². The van der Waals surface area contributed by atoms with Gasteiger partial charge in [-0.25, -0.2) is 0 Å². The number of rotatable bonds is 1. The molecule has 1 aliphatic carbocycles. The quantitative estimate of drug-likeness (QED) is 0.775. The molecule has 2 aliphatic rings. The van der Waals surface area contributed by atoms with Gasteiger partial charge in [-0.15, -0.1) is 0 Å². The monoisotopic (exact) mass is 368 g/mol. The molecule has 0 spiro atoms. The van der Waals surface area contributed by atoms with Crippen LogP contribution in [-0.2, 0) is 4.79 Å². The number of halogens is 1. The van der Waals surface area contributed by atoms with Crippen molar-refractivity contribution in [1.82, 2.24) is 5.43 Å². The van der Waals surface area contributed by atoms with Gasteiger partial charge in [-0.2, -0.15) is 5.10 Å². The summed E-state index contributed by atoms with van der Waals surface area (Å²) in [6.07, 6.45) is 1.65. The summed E-state index contributed by atoms with van der Waals surface area (Å²) in [6.45, 7) is 4.32. The Morgan fingerprint density at radius 2 is 2.11 bits per heavy atom. The molecule has 0 saturated heterocycles. The van der Waals surface area contributed by atoms with Crippen LogP contribution in [0.3, 0.4) is 0 Å². The highest BCUT2D eigenvalue weighted by Gasteiger charge is 2.46. The molecule has 4 heteroatoms. The van der Waals surface area contributed by atoms with Gasteiger partial charge in [0.25, 0.3) is 0 Å². The van der Waals surface area contributed by atoms with Gasteiger partial charge in [-0.3, -0.25) is 4.79 Å². The summed E-state index contributed by atoms with van der Waals surface area (Å²) in [6, 6.07) is 8.30. The third kappa shape index (κ3) is 2.30. The average molecular weight is 368 g/mol. The summed E-state index contributed by atoms with van der Waals surface area (Å²) in [7, 11) is 0. The molecule has 100 valence electrons. The minimum atomic E-state index is -0.0658. The topological polar surface area (TPSA) is 41.5 Å². The van der Waals surface area contributed by atoms with E-state index in [0.717, 1.165) is 21.3 Å². The molecule has 19 heavy (non-hydrogen) atoms. The van der Waals surface area contributed by atoms with Crippen LogP contribution in [0.25, 0.3) is 0 Å². The van der Waals surface area contributed by atoms with E-state index < -0.39 is 0 Å². The number of benzene rings is 1. The lowest BCUT2D eigenvalue weighted by molar-refractivity contribution is -0.126. The second-order valence-electron chi connectivity index (χ2n) is 6.20. The molecular formula is C15H17IN2O. The van der Waals surface area contributed by atoms with Crippen molar-refractivity contribution in [2.45, 2.75) is 32.7 Å². The lowest BCUT2D eigenvalue weighted by Gasteiger charge is -2.36. The molecule has 1 N–H and O–H groups in total. The number of fused-ring (bicyclic) bond motifs is 1. The molecule has 3 rings (SSSR count). The van der Waals surface area contributed by atoms with Crippen LogP contribution >= 0.6 is 22.6 Å². The third-order valence-corrected chi connectivity index (χ3v) is 4.91. The molecule has 2 atom stereocenters. The summed E-state index contributed by atoms with van der Waals surface area (Å²) in [4.78, 5) is 12.5. The summed E-state index contributed by atoms with van der Waals surface area (Å²) in [5.74, 6) is 0.258. The van der Waals surface area contributed by atoms with Crippen molar-refractivity contribution in [1.29, 1.82) is 0 Å². The Balaban J connectivity index is 1.95. The van der Waals surface area contributed by atoms with Gasteiger partial charge in [0.15, 0.2) is 0 Å². The Hall–Kier alpha value is -0.910. The Kier molecular flexibility index (Phi) is 3.15. The first-order chi connectivity index (χ1) is 8.98. The van der Waals surface area contributed by atoms with E-state index >= 15 is 0 Å². The number of carbonyl (C=O) groups excluding carboxylic acids is 1. The lowest BCUT2D eigenvalue weighted by atomic mass is 9.68. The van der Waals surface area contributed by atoms with Gasteiger partial charge in [0, 0.05) is 15.6 Å². The fourth-order valence-corrected chi connectivity index (χ4v) is 3.84. The van der Waals surface area contributed by atoms with Gasteiger partial charge in [-0.05, 0) is 40.5 Å². The Morgan fingerprint density at radius 3 is 2.84 bits per heavy atom. The van der Waals surface area contributed by atoms with Crippen molar-refractivity contribution >= 4 is 34.1 Å². The molecule has 0 unspecified atom stereocenters. The second-order valence-corrected chi connectivity index (χ2v) is 7.36. The number of nitrogens with one attached hydrogen (secondary N) is 1. The molecular weight excluding hydrogens is 351 g/mol. The SMILES string of the molecule is CC1(C)CC(=O)[C@H]2C(c3ccccc3I)=NN[C@@H]2C1. The number of carbonyl (C=O) groups is 1. The van der Waals surface area contributed by atoms with E-state index in [1.54, 1.807) is 0 Å². The zero-order chi connectivity index (χ0) is 13.6. The van der Waals surface area contributed by atoms with Crippen LogP contribution in [0, 0.1) is 14.9 Å². The smallest absolute Gasteiger partial charge is 0.144 e. The largest absolute Gasteiger partial charge is 0.306 e. The van der Waals surface area contributed by atoms with E-state index in [1.165, 1.54) is 0 Å². The van der Waals surface area contributed by atoms with Crippen LogP contribution in [0.5, 0.6) is 0 Å². The highest BCUT2D eigenvalue weighted by atomic mass is 127. The summed E-state index contributed by atoms with van der Waals surface area (Å²) in [5.41, 5.74) is 5.29. The summed E-state index contributed by atoms with van der Waals surface area (Å²) >= 11 is 2.31.